The molecule has 0 radical (unpaired) electrons. The van der Waals surface area contributed by atoms with Gasteiger partial charge < -0.3 is 10.0 Å². The van der Waals surface area contributed by atoms with E-state index in [0.29, 0.717) is 11.6 Å². The van der Waals surface area contributed by atoms with Crippen LogP contribution in [0.4, 0.5) is 0 Å². The number of aryl methyl sites for hydroxylation is 1. The summed E-state index contributed by atoms with van der Waals surface area (Å²) in [5.74, 6) is -0.714. The van der Waals surface area contributed by atoms with Crippen LogP contribution in [0.3, 0.4) is 0 Å². The second kappa shape index (κ2) is 4.61. The molecule has 0 aromatic carbocycles. The molecule has 1 aromatic heterocycles. The smallest absolute Gasteiger partial charge is 0.326 e. The highest BCUT2D eigenvalue weighted by atomic mass is 16.4. The summed E-state index contributed by atoms with van der Waals surface area (Å²) < 4.78 is 1.75. The number of amides is 1. The zero-order valence-electron chi connectivity index (χ0n) is 11.7. The second-order valence-electron chi connectivity index (χ2n) is 5.81. The van der Waals surface area contributed by atoms with Crippen molar-refractivity contribution in [1.29, 1.82) is 0 Å². The molecule has 2 saturated carbocycles. The number of carboxylic acid groups (broad SMARTS) is 1. The maximum absolute atomic E-state index is 12.6. The predicted octanol–water partition coefficient (Wildman–Crippen LogP) is 1.38. The summed E-state index contributed by atoms with van der Waals surface area (Å²) in [4.78, 5) is 25.2. The summed E-state index contributed by atoms with van der Waals surface area (Å²) in [6, 6.07) is 1.07. The van der Waals surface area contributed by atoms with Crippen LogP contribution in [0.25, 0.3) is 0 Å². The van der Waals surface area contributed by atoms with Gasteiger partial charge in [-0.05, 0) is 38.7 Å². The van der Waals surface area contributed by atoms with Gasteiger partial charge in [0.15, 0.2) is 5.69 Å². The van der Waals surface area contributed by atoms with E-state index in [9.17, 15) is 9.59 Å². The third-order valence-electron chi connectivity index (χ3n) is 4.08. The first-order chi connectivity index (χ1) is 9.49. The van der Waals surface area contributed by atoms with E-state index in [1.807, 2.05) is 13.1 Å². The summed E-state index contributed by atoms with van der Waals surface area (Å²) in [7, 11) is 1.84. The highest BCUT2D eigenvalue weighted by Crippen LogP contribution is 2.40. The SMILES string of the molecule is CC(C(=O)O)N(C(=O)c1cc(C2CC2)n(C)n1)C1CC1. The van der Waals surface area contributed by atoms with Crippen molar-refractivity contribution in [2.45, 2.75) is 50.6 Å². The van der Waals surface area contributed by atoms with Crippen molar-refractivity contribution in [3.8, 4) is 0 Å². The number of hydrogen-bond acceptors (Lipinski definition) is 3. The molecule has 20 heavy (non-hydrogen) atoms. The average molecular weight is 277 g/mol. The molecule has 3 rings (SSSR count). The van der Waals surface area contributed by atoms with Crippen LogP contribution in [0.2, 0.25) is 0 Å². The molecular weight excluding hydrogens is 258 g/mol. The highest BCUT2D eigenvalue weighted by molar-refractivity contribution is 5.95. The predicted molar refractivity (Wildman–Crippen MR) is 71.5 cm³/mol. The zero-order valence-corrected chi connectivity index (χ0v) is 11.7. The molecule has 1 atom stereocenters. The number of nitrogens with zero attached hydrogens (tertiary/aromatic N) is 3. The maximum Gasteiger partial charge on any atom is 0.326 e. The largest absolute Gasteiger partial charge is 0.480 e. The van der Waals surface area contributed by atoms with Gasteiger partial charge in [-0.3, -0.25) is 9.48 Å². The lowest BCUT2D eigenvalue weighted by Gasteiger charge is -2.25. The Balaban J connectivity index is 1.85. The van der Waals surface area contributed by atoms with Gasteiger partial charge in [-0.1, -0.05) is 0 Å². The van der Waals surface area contributed by atoms with Gasteiger partial charge in [0.05, 0.1) is 0 Å². The monoisotopic (exact) mass is 277 g/mol. The van der Waals surface area contributed by atoms with Gasteiger partial charge in [0.1, 0.15) is 6.04 Å². The van der Waals surface area contributed by atoms with E-state index in [0.717, 1.165) is 31.4 Å². The van der Waals surface area contributed by atoms with Crippen LogP contribution in [-0.4, -0.2) is 43.7 Å². The fourth-order valence-electron chi connectivity index (χ4n) is 2.61. The van der Waals surface area contributed by atoms with E-state index in [2.05, 4.69) is 5.10 Å². The lowest BCUT2D eigenvalue weighted by molar-refractivity contribution is -0.141. The first kappa shape index (κ1) is 13.1. The first-order valence-electron chi connectivity index (χ1n) is 7.08. The summed E-state index contributed by atoms with van der Waals surface area (Å²) >= 11 is 0. The molecule has 0 saturated heterocycles. The highest BCUT2D eigenvalue weighted by Gasteiger charge is 2.40. The van der Waals surface area contributed by atoms with Crippen LogP contribution in [0.15, 0.2) is 6.07 Å². The van der Waals surface area contributed by atoms with Gasteiger partial charge in [0, 0.05) is 24.7 Å². The molecule has 108 valence electrons. The number of carbonyl (C=O) groups is 2. The average Bonchev–Trinajstić information content (AvgIpc) is 3.29. The first-order valence-corrected chi connectivity index (χ1v) is 7.08. The molecule has 0 bridgehead atoms. The zero-order chi connectivity index (χ0) is 14.4. The minimum absolute atomic E-state index is 0.0555. The molecule has 1 amide bonds. The molecule has 2 fully saturated rings. The Morgan fingerprint density at radius 1 is 1.40 bits per heavy atom. The van der Waals surface area contributed by atoms with E-state index in [1.54, 1.807) is 11.6 Å². The van der Waals surface area contributed by atoms with Crippen molar-refractivity contribution in [2.75, 3.05) is 0 Å². The Morgan fingerprint density at radius 2 is 2.05 bits per heavy atom. The van der Waals surface area contributed by atoms with Crippen LogP contribution < -0.4 is 0 Å². The number of carbonyl (C=O) groups excluding carboxylic acids is 1. The summed E-state index contributed by atoms with van der Waals surface area (Å²) in [5.41, 5.74) is 1.45. The topological polar surface area (TPSA) is 75.4 Å². The minimum Gasteiger partial charge on any atom is -0.480 e. The van der Waals surface area contributed by atoms with Crippen molar-refractivity contribution in [3.63, 3.8) is 0 Å². The normalized spacial score (nSPS) is 19.7. The van der Waals surface area contributed by atoms with Gasteiger partial charge in [0.2, 0.25) is 0 Å². The Morgan fingerprint density at radius 3 is 2.55 bits per heavy atom. The standard InChI is InChI=1S/C14H19N3O3/c1-8(14(19)20)17(10-5-6-10)13(18)11-7-12(9-3-4-9)16(2)15-11/h7-10H,3-6H2,1-2H3,(H,19,20). The molecular formula is C14H19N3O3. The third-order valence-corrected chi connectivity index (χ3v) is 4.08. The molecule has 2 aliphatic rings. The van der Waals surface area contributed by atoms with E-state index >= 15 is 0 Å². The Kier molecular flexibility index (Phi) is 3.03. The van der Waals surface area contributed by atoms with Crippen molar-refractivity contribution in [3.05, 3.63) is 17.5 Å². The molecule has 0 aliphatic heterocycles. The molecule has 1 aromatic rings. The van der Waals surface area contributed by atoms with Gasteiger partial charge in [-0.25, -0.2) is 4.79 Å². The minimum atomic E-state index is -0.969. The van der Waals surface area contributed by atoms with Crippen molar-refractivity contribution >= 4 is 11.9 Å². The lowest BCUT2D eigenvalue weighted by Crippen LogP contribution is -2.44. The fourth-order valence-corrected chi connectivity index (χ4v) is 2.61. The van der Waals surface area contributed by atoms with Crippen molar-refractivity contribution < 1.29 is 14.7 Å². The van der Waals surface area contributed by atoms with E-state index in [-0.39, 0.29) is 11.9 Å². The van der Waals surface area contributed by atoms with Gasteiger partial charge in [-0.2, -0.15) is 5.10 Å². The van der Waals surface area contributed by atoms with Crippen molar-refractivity contribution in [1.82, 2.24) is 14.7 Å². The third kappa shape index (κ3) is 2.30. The number of carboxylic acids is 1. The van der Waals surface area contributed by atoms with E-state index in [1.165, 1.54) is 4.90 Å². The lowest BCUT2D eigenvalue weighted by atomic mass is 10.2. The molecule has 6 nitrogen and oxygen atoms in total. The molecule has 1 heterocycles. The van der Waals surface area contributed by atoms with Crippen LogP contribution in [0.1, 0.15) is 54.7 Å². The Labute approximate surface area is 117 Å². The number of aliphatic carboxylic acids is 1. The quantitative estimate of drug-likeness (QED) is 0.882. The molecule has 1 unspecified atom stereocenters. The van der Waals surface area contributed by atoms with Gasteiger partial charge >= 0.3 is 5.97 Å². The van der Waals surface area contributed by atoms with Crippen LogP contribution >= 0.6 is 0 Å². The summed E-state index contributed by atoms with van der Waals surface area (Å²) in [5, 5.41) is 13.4. The van der Waals surface area contributed by atoms with Crippen LogP contribution in [-0.2, 0) is 11.8 Å². The van der Waals surface area contributed by atoms with Crippen LogP contribution in [0, 0.1) is 0 Å². The van der Waals surface area contributed by atoms with E-state index in [4.69, 9.17) is 5.11 Å². The maximum atomic E-state index is 12.6. The molecule has 6 heteroatoms. The molecule has 1 N–H and O–H groups in total. The number of hydrogen-bond donors (Lipinski definition) is 1. The van der Waals surface area contributed by atoms with E-state index < -0.39 is 12.0 Å². The number of rotatable bonds is 5. The number of aromatic nitrogens is 2. The summed E-state index contributed by atoms with van der Waals surface area (Å²) in [6.45, 7) is 1.56. The summed E-state index contributed by atoms with van der Waals surface area (Å²) in [6.07, 6.45) is 4.05. The van der Waals surface area contributed by atoms with Crippen molar-refractivity contribution in [2.24, 2.45) is 7.05 Å². The molecule has 0 spiro atoms. The van der Waals surface area contributed by atoms with Gasteiger partial charge in [-0.15, -0.1) is 0 Å². The fraction of sp³-hybridized carbons (Fsp3) is 0.643. The molecule has 2 aliphatic carbocycles. The van der Waals surface area contributed by atoms with Crippen LogP contribution in [0.5, 0.6) is 0 Å². The van der Waals surface area contributed by atoms with Gasteiger partial charge in [0.25, 0.3) is 5.91 Å². The second-order valence-corrected chi connectivity index (χ2v) is 5.81. The Bertz CT molecular complexity index is 558. The Hall–Kier alpha value is -1.85.